The molecule has 0 unspecified atom stereocenters. The van der Waals surface area contributed by atoms with Crippen LogP contribution in [0.4, 0.5) is 0 Å². The van der Waals surface area contributed by atoms with Crippen LogP contribution >= 0.6 is 23.1 Å². The van der Waals surface area contributed by atoms with E-state index in [1.807, 2.05) is 30.3 Å². The number of nitrogens with one attached hydrogen (secondary N) is 1. The van der Waals surface area contributed by atoms with Crippen molar-refractivity contribution >= 4 is 61.6 Å². The molecule has 9 heteroatoms. The second kappa shape index (κ2) is 7.26. The third kappa shape index (κ3) is 3.45. The molecule has 1 amide bonds. The zero-order valence-electron chi connectivity index (χ0n) is 14.8. The lowest BCUT2D eigenvalue weighted by Crippen LogP contribution is -2.19. The molecule has 0 saturated carbocycles. The molecule has 2 aromatic carbocycles. The largest absolute Gasteiger partial charge is 0.463 e. The Kier molecular flexibility index (Phi) is 4.45. The maximum Gasteiger partial charge on any atom is 0.236 e. The number of para-hydroxylation sites is 1. The number of carbonyl (C=O) groups is 1. The minimum Gasteiger partial charge on any atom is -0.463 e. The molecular weight excluding hydrogens is 408 g/mol. The minimum atomic E-state index is -0.207. The SMILES string of the molecule is O=C1CSC(=NN=Cc2coc3ccc(-c4nc5ccccc5s4)cc3c2=O)N1. The van der Waals surface area contributed by atoms with Gasteiger partial charge in [0.05, 0.1) is 33.1 Å². The van der Waals surface area contributed by atoms with Crippen molar-refractivity contribution in [1.82, 2.24) is 10.3 Å². The van der Waals surface area contributed by atoms with Crippen LogP contribution in [0.3, 0.4) is 0 Å². The van der Waals surface area contributed by atoms with Gasteiger partial charge in [0.1, 0.15) is 16.9 Å². The number of amides is 1. The van der Waals surface area contributed by atoms with Gasteiger partial charge in [-0.3, -0.25) is 9.59 Å². The second-order valence-corrected chi connectivity index (χ2v) is 8.20. The van der Waals surface area contributed by atoms with Gasteiger partial charge in [-0.15, -0.1) is 16.4 Å². The van der Waals surface area contributed by atoms with Gasteiger partial charge in [0.25, 0.3) is 0 Å². The van der Waals surface area contributed by atoms with Crippen LogP contribution in [0.25, 0.3) is 31.8 Å². The van der Waals surface area contributed by atoms with Crippen molar-refractivity contribution in [2.24, 2.45) is 10.2 Å². The number of nitrogens with zero attached hydrogens (tertiary/aromatic N) is 3. The molecule has 1 saturated heterocycles. The summed E-state index contributed by atoms with van der Waals surface area (Å²) in [4.78, 5) is 28.7. The summed E-state index contributed by atoms with van der Waals surface area (Å²) in [7, 11) is 0. The molecule has 0 spiro atoms. The molecule has 142 valence electrons. The molecule has 1 N–H and O–H groups in total. The number of carbonyl (C=O) groups excluding carboxylic acids is 1. The highest BCUT2D eigenvalue weighted by Gasteiger charge is 2.16. The van der Waals surface area contributed by atoms with Crippen LogP contribution in [0.2, 0.25) is 0 Å². The van der Waals surface area contributed by atoms with Gasteiger partial charge in [-0.05, 0) is 30.3 Å². The Hall–Kier alpha value is -3.30. The normalized spacial score (nSPS) is 15.7. The van der Waals surface area contributed by atoms with Gasteiger partial charge < -0.3 is 9.73 Å². The Labute approximate surface area is 172 Å². The highest BCUT2D eigenvalue weighted by molar-refractivity contribution is 8.15. The van der Waals surface area contributed by atoms with Gasteiger partial charge >= 0.3 is 0 Å². The molecule has 29 heavy (non-hydrogen) atoms. The third-order valence-corrected chi connectivity index (χ3v) is 6.22. The molecule has 0 radical (unpaired) electrons. The van der Waals surface area contributed by atoms with E-state index in [0.717, 1.165) is 20.8 Å². The van der Waals surface area contributed by atoms with E-state index in [1.54, 1.807) is 23.5 Å². The first kappa shape index (κ1) is 17.8. The van der Waals surface area contributed by atoms with Crippen LogP contribution in [0.15, 0.2) is 68.1 Å². The summed E-state index contributed by atoms with van der Waals surface area (Å²) in [6.45, 7) is 0. The van der Waals surface area contributed by atoms with Crippen LogP contribution < -0.4 is 10.7 Å². The van der Waals surface area contributed by atoms with Crippen LogP contribution in [-0.4, -0.2) is 28.0 Å². The molecule has 1 aliphatic rings. The predicted molar refractivity (Wildman–Crippen MR) is 117 cm³/mol. The third-order valence-electron chi connectivity index (χ3n) is 4.27. The lowest BCUT2D eigenvalue weighted by atomic mass is 10.1. The fourth-order valence-corrected chi connectivity index (χ4v) is 4.48. The number of hydrogen-bond acceptors (Lipinski definition) is 8. The van der Waals surface area contributed by atoms with Crippen LogP contribution in [-0.2, 0) is 4.79 Å². The van der Waals surface area contributed by atoms with Gasteiger partial charge in [0.15, 0.2) is 5.17 Å². The first-order valence-electron chi connectivity index (χ1n) is 8.62. The van der Waals surface area contributed by atoms with Crippen molar-refractivity contribution in [3.63, 3.8) is 0 Å². The topological polar surface area (TPSA) is 96.9 Å². The van der Waals surface area contributed by atoms with E-state index in [2.05, 4.69) is 20.5 Å². The summed E-state index contributed by atoms with van der Waals surface area (Å²) in [6.07, 6.45) is 2.68. The minimum absolute atomic E-state index is 0.114. The molecular formula is C20H12N4O3S2. The number of thioether (sulfide) groups is 1. The molecule has 2 aromatic heterocycles. The fraction of sp³-hybridized carbons (Fsp3) is 0.0500. The number of fused-ring (bicyclic) bond motifs is 2. The van der Waals surface area contributed by atoms with Crippen molar-refractivity contribution < 1.29 is 9.21 Å². The molecule has 0 bridgehead atoms. The first-order valence-corrected chi connectivity index (χ1v) is 10.4. The first-order chi connectivity index (χ1) is 14.2. The Morgan fingerprint density at radius 1 is 1.17 bits per heavy atom. The molecule has 1 fully saturated rings. The highest BCUT2D eigenvalue weighted by atomic mass is 32.2. The number of benzene rings is 2. The summed E-state index contributed by atoms with van der Waals surface area (Å²) >= 11 is 2.83. The molecule has 4 aromatic rings. The Morgan fingerprint density at radius 3 is 2.90 bits per heavy atom. The van der Waals surface area contributed by atoms with E-state index < -0.39 is 0 Å². The summed E-state index contributed by atoms with van der Waals surface area (Å²) < 4.78 is 6.67. The summed E-state index contributed by atoms with van der Waals surface area (Å²) in [5.41, 5.74) is 2.34. The van der Waals surface area contributed by atoms with E-state index >= 15 is 0 Å². The number of amidine groups is 1. The highest BCUT2D eigenvalue weighted by Crippen LogP contribution is 2.31. The van der Waals surface area contributed by atoms with E-state index in [4.69, 9.17) is 4.42 Å². The van der Waals surface area contributed by atoms with Crippen molar-refractivity contribution in [3.05, 3.63) is 64.5 Å². The van der Waals surface area contributed by atoms with Crippen LogP contribution in [0, 0.1) is 0 Å². The Bertz CT molecular complexity index is 1350. The molecule has 0 atom stereocenters. The van der Waals surface area contributed by atoms with E-state index in [-0.39, 0.29) is 16.9 Å². The molecule has 5 rings (SSSR count). The fourth-order valence-electron chi connectivity index (χ4n) is 2.89. The number of hydrogen-bond donors (Lipinski definition) is 1. The van der Waals surface area contributed by atoms with E-state index in [0.29, 0.717) is 21.9 Å². The van der Waals surface area contributed by atoms with Gasteiger partial charge in [0.2, 0.25) is 11.3 Å². The average molecular weight is 420 g/mol. The van der Waals surface area contributed by atoms with Crippen molar-refractivity contribution in [2.75, 3.05) is 5.75 Å². The Morgan fingerprint density at radius 2 is 2.07 bits per heavy atom. The second-order valence-electron chi connectivity index (χ2n) is 6.20. The van der Waals surface area contributed by atoms with Crippen LogP contribution in [0.5, 0.6) is 0 Å². The van der Waals surface area contributed by atoms with Crippen molar-refractivity contribution in [2.45, 2.75) is 0 Å². The molecule has 1 aliphatic heterocycles. The quantitative estimate of drug-likeness (QED) is 0.403. The number of rotatable bonds is 3. The lowest BCUT2D eigenvalue weighted by Gasteiger charge is -2.01. The molecule has 3 heterocycles. The van der Waals surface area contributed by atoms with Gasteiger partial charge in [-0.2, -0.15) is 5.10 Å². The number of aromatic nitrogens is 1. The van der Waals surface area contributed by atoms with Crippen molar-refractivity contribution in [1.29, 1.82) is 0 Å². The zero-order chi connectivity index (χ0) is 19.8. The maximum absolute atomic E-state index is 12.9. The van der Waals surface area contributed by atoms with Gasteiger partial charge in [-0.1, -0.05) is 23.9 Å². The summed E-state index contributed by atoms with van der Waals surface area (Å²) in [5, 5.41) is 12.1. The van der Waals surface area contributed by atoms with E-state index in [1.165, 1.54) is 24.2 Å². The molecule has 7 nitrogen and oxygen atoms in total. The zero-order valence-corrected chi connectivity index (χ0v) is 16.4. The number of thiazole rings is 1. The predicted octanol–water partition coefficient (Wildman–Crippen LogP) is 3.62. The van der Waals surface area contributed by atoms with E-state index in [9.17, 15) is 9.59 Å². The maximum atomic E-state index is 12.9. The van der Waals surface area contributed by atoms with Crippen LogP contribution in [0.1, 0.15) is 5.56 Å². The summed E-state index contributed by atoms with van der Waals surface area (Å²) in [5.74, 6) is 0.206. The smallest absolute Gasteiger partial charge is 0.236 e. The summed E-state index contributed by atoms with van der Waals surface area (Å²) in [6, 6.07) is 13.4. The van der Waals surface area contributed by atoms with Gasteiger partial charge in [0, 0.05) is 5.56 Å². The Balaban J connectivity index is 1.52. The monoisotopic (exact) mass is 420 g/mol. The van der Waals surface area contributed by atoms with Crippen molar-refractivity contribution in [3.8, 4) is 10.6 Å². The van der Waals surface area contributed by atoms with Gasteiger partial charge in [-0.25, -0.2) is 4.98 Å². The lowest BCUT2D eigenvalue weighted by molar-refractivity contribution is -0.116. The molecule has 0 aliphatic carbocycles. The standard InChI is InChI=1S/C20H12N4O3S2/c25-17-10-28-20(23-17)24-21-8-12-9-27-15-6-5-11(7-13(15)18(12)26)19-22-14-3-1-2-4-16(14)29-19/h1-9H,10H2,(H,23,24,25). The average Bonchev–Trinajstić information content (AvgIpc) is 3.35.